The number of halogens is 1. The fraction of sp³-hybridized carbons (Fsp3) is 0.579. The number of hydrogen-bond donors (Lipinski definition) is 1. The van der Waals surface area contributed by atoms with E-state index in [1.165, 1.54) is 12.1 Å². The average molecular weight is 362 g/mol. The zero-order valence-electron chi connectivity index (χ0n) is 15.8. The van der Waals surface area contributed by atoms with Crippen LogP contribution in [0.1, 0.15) is 46.1 Å². The van der Waals surface area contributed by atoms with E-state index in [1.807, 2.05) is 25.3 Å². The van der Waals surface area contributed by atoms with Crippen molar-refractivity contribution in [2.45, 2.75) is 51.7 Å². The van der Waals surface area contributed by atoms with Crippen LogP contribution in [0.25, 0.3) is 11.0 Å². The largest absolute Gasteiger partial charge is 0.444 e. The summed E-state index contributed by atoms with van der Waals surface area (Å²) in [5.41, 5.74) is 7.03. The normalized spacial score (nSPS) is 20.0. The second-order valence-corrected chi connectivity index (χ2v) is 8.15. The number of rotatable bonds is 4. The van der Waals surface area contributed by atoms with Gasteiger partial charge in [-0.2, -0.15) is 0 Å². The van der Waals surface area contributed by atoms with E-state index in [1.54, 1.807) is 18.0 Å². The Labute approximate surface area is 153 Å². The molecule has 0 unspecified atom stereocenters. The molecule has 1 aromatic heterocycles. The molecule has 1 aromatic carbocycles. The Balaban J connectivity index is 1.54. The van der Waals surface area contributed by atoms with E-state index < -0.39 is 5.60 Å². The quantitative estimate of drug-likeness (QED) is 0.893. The van der Waals surface area contributed by atoms with E-state index in [9.17, 15) is 9.18 Å². The van der Waals surface area contributed by atoms with E-state index >= 15 is 0 Å². The molecule has 1 amide bonds. The van der Waals surface area contributed by atoms with Crippen LogP contribution < -0.4 is 5.73 Å². The highest BCUT2D eigenvalue weighted by Crippen LogP contribution is 2.42. The number of hydrogen-bond acceptors (Lipinski definition) is 4. The average Bonchev–Trinajstić information content (AvgIpc) is 2.79. The number of aromatic nitrogens is 2. The Kier molecular flexibility index (Phi) is 4.82. The van der Waals surface area contributed by atoms with Gasteiger partial charge in [0.1, 0.15) is 11.4 Å². The molecule has 1 saturated carbocycles. The lowest BCUT2D eigenvalue weighted by molar-refractivity contribution is 0.0277. The molecule has 2 N–H and O–H groups in total. The standard InChI is InChI=1S/C19H27FN4O2/c1-19(2,3)26-18(25)23(4)8-7-12-9-14(10-12)24-16-6-5-13(20)11-15(16)22-17(24)21/h5-6,11-12,14H,7-10H2,1-4H3,(H2,21,22). The smallest absolute Gasteiger partial charge is 0.410 e. The highest BCUT2D eigenvalue weighted by Gasteiger charge is 2.33. The SMILES string of the molecule is CN(CCC1CC(n2c(N)nc3cc(F)ccc32)C1)C(=O)OC(C)(C)C. The van der Waals surface area contributed by atoms with Crippen LogP contribution >= 0.6 is 0 Å². The van der Waals surface area contributed by atoms with Crippen molar-refractivity contribution < 1.29 is 13.9 Å². The Morgan fingerprint density at radius 1 is 1.42 bits per heavy atom. The summed E-state index contributed by atoms with van der Waals surface area (Å²) >= 11 is 0. The Hall–Kier alpha value is -2.31. The van der Waals surface area contributed by atoms with Crippen LogP contribution in [0.3, 0.4) is 0 Å². The van der Waals surface area contributed by atoms with Gasteiger partial charge in [-0.3, -0.25) is 0 Å². The van der Waals surface area contributed by atoms with Gasteiger partial charge < -0.3 is 19.9 Å². The predicted octanol–water partition coefficient (Wildman–Crippen LogP) is 3.97. The lowest BCUT2D eigenvalue weighted by atomic mass is 9.78. The van der Waals surface area contributed by atoms with Crippen molar-refractivity contribution in [3.05, 3.63) is 24.0 Å². The van der Waals surface area contributed by atoms with Gasteiger partial charge in [0.05, 0.1) is 11.0 Å². The molecule has 26 heavy (non-hydrogen) atoms. The highest BCUT2D eigenvalue weighted by atomic mass is 19.1. The third kappa shape index (κ3) is 3.92. The molecule has 0 aliphatic heterocycles. The van der Waals surface area contributed by atoms with Crippen molar-refractivity contribution in [2.24, 2.45) is 5.92 Å². The number of nitrogen functional groups attached to an aromatic ring is 1. The lowest BCUT2D eigenvalue weighted by Crippen LogP contribution is -2.36. The lowest BCUT2D eigenvalue weighted by Gasteiger charge is -2.37. The fourth-order valence-electron chi connectivity index (χ4n) is 3.43. The summed E-state index contributed by atoms with van der Waals surface area (Å²) in [7, 11) is 1.76. The Morgan fingerprint density at radius 2 is 2.12 bits per heavy atom. The zero-order chi connectivity index (χ0) is 19.1. The van der Waals surface area contributed by atoms with Crippen molar-refractivity contribution in [2.75, 3.05) is 19.3 Å². The first-order chi connectivity index (χ1) is 12.1. The maximum atomic E-state index is 13.3. The van der Waals surface area contributed by atoms with Crippen molar-refractivity contribution >= 4 is 23.1 Å². The van der Waals surface area contributed by atoms with Crippen LogP contribution in [0.5, 0.6) is 0 Å². The molecule has 0 atom stereocenters. The fourth-order valence-corrected chi connectivity index (χ4v) is 3.43. The summed E-state index contributed by atoms with van der Waals surface area (Å²) in [5, 5.41) is 0. The van der Waals surface area contributed by atoms with Crippen molar-refractivity contribution in [3.63, 3.8) is 0 Å². The summed E-state index contributed by atoms with van der Waals surface area (Å²) in [5.74, 6) is 0.654. The molecule has 0 radical (unpaired) electrons. The molecule has 0 spiro atoms. The first-order valence-electron chi connectivity index (χ1n) is 9.01. The highest BCUT2D eigenvalue weighted by molar-refractivity contribution is 5.78. The first-order valence-corrected chi connectivity index (χ1v) is 9.01. The van der Waals surface area contributed by atoms with Crippen LogP contribution in [0, 0.1) is 11.7 Å². The van der Waals surface area contributed by atoms with Crippen molar-refractivity contribution in [1.29, 1.82) is 0 Å². The van der Waals surface area contributed by atoms with Gasteiger partial charge >= 0.3 is 6.09 Å². The summed E-state index contributed by atoms with van der Waals surface area (Å²) < 4.78 is 20.7. The molecule has 0 saturated heterocycles. The van der Waals surface area contributed by atoms with Gasteiger partial charge in [-0.15, -0.1) is 0 Å². The Bertz CT molecular complexity index is 806. The number of amides is 1. The number of carbonyl (C=O) groups is 1. The third-order valence-electron chi connectivity index (χ3n) is 4.83. The van der Waals surface area contributed by atoms with Gasteiger partial charge in [0, 0.05) is 25.7 Å². The van der Waals surface area contributed by atoms with Gasteiger partial charge in [-0.1, -0.05) is 0 Å². The number of nitrogens with zero attached hydrogens (tertiary/aromatic N) is 3. The molecule has 6 nitrogen and oxygen atoms in total. The van der Waals surface area contributed by atoms with Gasteiger partial charge in [0.15, 0.2) is 0 Å². The van der Waals surface area contributed by atoms with E-state index in [-0.39, 0.29) is 18.0 Å². The van der Waals surface area contributed by atoms with Crippen LogP contribution in [0.2, 0.25) is 0 Å². The van der Waals surface area contributed by atoms with Gasteiger partial charge in [-0.25, -0.2) is 14.2 Å². The minimum Gasteiger partial charge on any atom is -0.444 e. The van der Waals surface area contributed by atoms with Crippen LogP contribution in [-0.4, -0.2) is 39.7 Å². The van der Waals surface area contributed by atoms with E-state index in [0.717, 1.165) is 24.8 Å². The van der Waals surface area contributed by atoms with Crippen LogP contribution in [-0.2, 0) is 4.74 Å². The molecule has 1 aliphatic rings. The van der Waals surface area contributed by atoms with E-state index in [2.05, 4.69) is 4.98 Å². The summed E-state index contributed by atoms with van der Waals surface area (Å²) in [6.07, 6.45) is 2.60. The molecule has 1 heterocycles. The number of benzene rings is 1. The molecule has 7 heteroatoms. The van der Waals surface area contributed by atoms with Gasteiger partial charge in [0.25, 0.3) is 0 Å². The molecular formula is C19H27FN4O2. The second kappa shape index (κ2) is 6.78. The topological polar surface area (TPSA) is 73.4 Å². The van der Waals surface area contributed by atoms with Crippen LogP contribution in [0.15, 0.2) is 18.2 Å². The molecule has 0 bridgehead atoms. The van der Waals surface area contributed by atoms with E-state index in [4.69, 9.17) is 10.5 Å². The minimum atomic E-state index is -0.480. The maximum absolute atomic E-state index is 13.3. The number of ether oxygens (including phenoxy) is 1. The number of fused-ring (bicyclic) bond motifs is 1. The van der Waals surface area contributed by atoms with Crippen molar-refractivity contribution in [3.8, 4) is 0 Å². The number of carbonyl (C=O) groups excluding carboxylic acids is 1. The van der Waals surface area contributed by atoms with Gasteiger partial charge in [-0.05, 0) is 58.1 Å². The summed E-state index contributed by atoms with van der Waals surface area (Å²) in [4.78, 5) is 17.9. The number of imidazole rings is 1. The molecular weight excluding hydrogens is 335 g/mol. The number of anilines is 1. The number of nitrogens with two attached hydrogens (primary N) is 1. The molecule has 1 aliphatic carbocycles. The van der Waals surface area contributed by atoms with Gasteiger partial charge in [0.2, 0.25) is 5.95 Å². The molecule has 142 valence electrons. The monoisotopic (exact) mass is 362 g/mol. The second-order valence-electron chi connectivity index (χ2n) is 8.15. The molecule has 3 rings (SSSR count). The maximum Gasteiger partial charge on any atom is 0.410 e. The third-order valence-corrected chi connectivity index (χ3v) is 4.83. The van der Waals surface area contributed by atoms with Crippen LogP contribution in [0.4, 0.5) is 15.1 Å². The Morgan fingerprint density at radius 3 is 2.77 bits per heavy atom. The predicted molar refractivity (Wildman–Crippen MR) is 99.3 cm³/mol. The molecule has 2 aromatic rings. The van der Waals surface area contributed by atoms with Crippen molar-refractivity contribution in [1.82, 2.24) is 14.5 Å². The zero-order valence-corrected chi connectivity index (χ0v) is 15.8. The summed E-state index contributed by atoms with van der Waals surface area (Å²) in [6, 6.07) is 4.86. The first kappa shape index (κ1) is 18.5. The summed E-state index contributed by atoms with van der Waals surface area (Å²) in [6.45, 7) is 6.25. The minimum absolute atomic E-state index is 0.280. The molecule has 1 fully saturated rings. The van der Waals surface area contributed by atoms with E-state index in [0.29, 0.717) is 23.9 Å².